The van der Waals surface area contributed by atoms with Crippen molar-refractivity contribution in [1.29, 1.82) is 0 Å². The highest BCUT2D eigenvalue weighted by Gasteiger charge is 2.16. The monoisotopic (exact) mass is 418 g/mol. The molecule has 2 rings (SSSR count). The number of hydrogen-bond donors (Lipinski definition) is 2. The van der Waals surface area contributed by atoms with Gasteiger partial charge in [-0.3, -0.25) is 4.99 Å². The maximum absolute atomic E-state index is 4.68. The summed E-state index contributed by atoms with van der Waals surface area (Å²) in [5.74, 6) is 0.882. The Morgan fingerprint density at radius 2 is 1.94 bits per heavy atom. The van der Waals surface area contributed by atoms with Gasteiger partial charge in [-0.15, -0.1) is 0 Å². The fourth-order valence-corrected chi connectivity index (χ4v) is 3.82. The fourth-order valence-electron chi connectivity index (χ4n) is 3.82. The fraction of sp³-hybridized carbons (Fsp3) is 0.407. The molecule has 0 aliphatic heterocycles. The first kappa shape index (κ1) is 24.4. The third-order valence-corrected chi connectivity index (χ3v) is 5.18. The summed E-state index contributed by atoms with van der Waals surface area (Å²) >= 11 is 0. The molecule has 0 aromatic carbocycles. The average molecular weight is 419 g/mol. The van der Waals surface area contributed by atoms with Crippen LogP contribution in [0, 0.1) is 6.92 Å². The number of nitrogens with one attached hydrogen (secondary N) is 2. The Morgan fingerprint density at radius 3 is 2.52 bits per heavy atom. The highest BCUT2D eigenvalue weighted by molar-refractivity contribution is 5.86. The Labute approximate surface area is 188 Å². The molecule has 0 spiro atoms. The lowest BCUT2D eigenvalue weighted by Gasteiger charge is -2.18. The summed E-state index contributed by atoms with van der Waals surface area (Å²) in [7, 11) is 1.80. The molecule has 0 bridgehead atoms. The van der Waals surface area contributed by atoms with Gasteiger partial charge in [0.05, 0.1) is 0 Å². The van der Waals surface area contributed by atoms with E-state index in [9.17, 15) is 0 Å². The number of rotatable bonds is 9. The number of allylic oxidation sites excluding steroid dienone is 6. The van der Waals surface area contributed by atoms with Crippen molar-refractivity contribution in [3.05, 3.63) is 82.4 Å². The smallest absolute Gasteiger partial charge is 0.130 e. The quantitative estimate of drug-likeness (QED) is 0.348. The molecule has 1 heterocycles. The van der Waals surface area contributed by atoms with Crippen LogP contribution in [0.3, 0.4) is 0 Å². The van der Waals surface area contributed by atoms with Crippen LogP contribution in [-0.2, 0) is 0 Å². The van der Waals surface area contributed by atoms with Crippen LogP contribution in [0.15, 0.2) is 81.7 Å². The molecule has 1 aromatic heterocycles. The van der Waals surface area contributed by atoms with Gasteiger partial charge in [-0.05, 0) is 95.2 Å². The minimum Gasteiger partial charge on any atom is -0.383 e. The molecule has 0 amide bonds. The summed E-state index contributed by atoms with van der Waals surface area (Å²) in [6.45, 7) is 14.7. The summed E-state index contributed by atoms with van der Waals surface area (Å²) < 4.78 is 0. The van der Waals surface area contributed by atoms with E-state index in [1.165, 1.54) is 24.1 Å². The van der Waals surface area contributed by atoms with Gasteiger partial charge in [0.15, 0.2) is 0 Å². The molecule has 2 N–H and O–H groups in total. The standard InChI is InChI=1S/C27H38N4/c1-8-12-24(17-20(4)25(18-28-7)22(6)29-19(2)3)27(23-14-9-10-15-23)31-26-16-11-13-21(5)30-26/h8,11-13,16-19,29H,6,9-10,14-15H2,1-5,7H3,(H,30,31)/b12-8-,24-17+,25-20-,28-18-. The minimum atomic E-state index is 0.310. The molecular formula is C27H38N4. The molecule has 1 fully saturated rings. The van der Waals surface area contributed by atoms with Crippen molar-refractivity contribution in [2.75, 3.05) is 12.4 Å². The van der Waals surface area contributed by atoms with Crippen molar-refractivity contribution >= 4 is 12.0 Å². The van der Waals surface area contributed by atoms with Crippen molar-refractivity contribution in [3.63, 3.8) is 0 Å². The predicted molar refractivity (Wildman–Crippen MR) is 136 cm³/mol. The first-order valence-electron chi connectivity index (χ1n) is 11.2. The molecule has 4 nitrogen and oxygen atoms in total. The van der Waals surface area contributed by atoms with Crippen LogP contribution >= 0.6 is 0 Å². The van der Waals surface area contributed by atoms with Gasteiger partial charge in [0, 0.05) is 42.0 Å². The second-order valence-corrected chi connectivity index (χ2v) is 8.34. The zero-order chi connectivity index (χ0) is 22.8. The van der Waals surface area contributed by atoms with E-state index in [0.29, 0.717) is 6.04 Å². The first-order chi connectivity index (χ1) is 14.8. The lowest BCUT2D eigenvalue weighted by molar-refractivity contribution is 0.680. The molecule has 0 unspecified atom stereocenters. The van der Waals surface area contributed by atoms with E-state index in [4.69, 9.17) is 0 Å². The second-order valence-electron chi connectivity index (χ2n) is 8.34. The maximum Gasteiger partial charge on any atom is 0.130 e. The van der Waals surface area contributed by atoms with E-state index in [0.717, 1.165) is 46.8 Å². The number of aromatic nitrogens is 1. The second kappa shape index (κ2) is 12.1. The molecule has 0 atom stereocenters. The third-order valence-electron chi connectivity index (χ3n) is 5.18. The van der Waals surface area contributed by atoms with Crippen molar-refractivity contribution in [3.8, 4) is 0 Å². The largest absolute Gasteiger partial charge is 0.383 e. The van der Waals surface area contributed by atoms with Crippen molar-refractivity contribution in [2.24, 2.45) is 4.99 Å². The highest BCUT2D eigenvalue weighted by atomic mass is 15.0. The van der Waals surface area contributed by atoms with Crippen molar-refractivity contribution < 1.29 is 0 Å². The number of aliphatic imine (C=N–C) groups is 1. The van der Waals surface area contributed by atoms with Gasteiger partial charge in [0.1, 0.15) is 5.82 Å². The molecular weight excluding hydrogens is 380 g/mol. The molecule has 1 aliphatic rings. The Morgan fingerprint density at radius 1 is 1.23 bits per heavy atom. The SMILES string of the molecule is C=C(NC(C)C)C(/C=N\C)=C(C)\C=C(/C=C\C)C(Nc1cccc(C)n1)=C1CCCC1. The normalized spacial score (nSPS) is 15.7. The van der Waals surface area contributed by atoms with Gasteiger partial charge < -0.3 is 10.6 Å². The zero-order valence-corrected chi connectivity index (χ0v) is 20.0. The van der Waals surface area contributed by atoms with E-state index in [1.807, 2.05) is 31.3 Å². The van der Waals surface area contributed by atoms with Gasteiger partial charge in [-0.2, -0.15) is 0 Å². The van der Waals surface area contributed by atoms with E-state index in [1.54, 1.807) is 7.05 Å². The summed E-state index contributed by atoms with van der Waals surface area (Å²) in [6, 6.07) is 6.41. The maximum atomic E-state index is 4.68. The third kappa shape index (κ3) is 7.39. The van der Waals surface area contributed by atoms with Gasteiger partial charge in [-0.25, -0.2) is 4.98 Å². The van der Waals surface area contributed by atoms with Crippen molar-refractivity contribution in [1.82, 2.24) is 10.3 Å². The Hall–Kier alpha value is -2.88. The van der Waals surface area contributed by atoms with Crippen LogP contribution < -0.4 is 10.6 Å². The summed E-state index contributed by atoms with van der Waals surface area (Å²) in [4.78, 5) is 8.95. The van der Waals surface area contributed by atoms with Crippen LogP contribution in [0.2, 0.25) is 0 Å². The molecule has 0 radical (unpaired) electrons. The Bertz CT molecular complexity index is 918. The van der Waals surface area contributed by atoms with E-state index >= 15 is 0 Å². The van der Waals surface area contributed by atoms with Crippen molar-refractivity contribution in [2.45, 2.75) is 66.3 Å². The van der Waals surface area contributed by atoms with Gasteiger partial charge in [-0.1, -0.05) is 24.8 Å². The summed E-state index contributed by atoms with van der Waals surface area (Å²) in [5.41, 5.74) is 7.81. The molecule has 166 valence electrons. The average Bonchev–Trinajstić information content (AvgIpc) is 3.24. The van der Waals surface area contributed by atoms with Crippen LogP contribution in [0.4, 0.5) is 5.82 Å². The molecule has 1 saturated carbocycles. The van der Waals surface area contributed by atoms with Gasteiger partial charge in [0.2, 0.25) is 0 Å². The Balaban J connectivity index is 2.57. The summed E-state index contributed by atoms with van der Waals surface area (Å²) in [5, 5.41) is 7.05. The van der Waals surface area contributed by atoms with E-state index < -0.39 is 0 Å². The van der Waals surface area contributed by atoms with Gasteiger partial charge >= 0.3 is 0 Å². The number of nitrogens with zero attached hydrogens (tertiary/aromatic N) is 2. The summed E-state index contributed by atoms with van der Waals surface area (Å²) in [6.07, 6.45) is 13.1. The zero-order valence-electron chi connectivity index (χ0n) is 20.0. The van der Waals surface area contributed by atoms with Crippen LogP contribution in [0.1, 0.15) is 59.1 Å². The Kier molecular flexibility index (Phi) is 9.51. The predicted octanol–water partition coefficient (Wildman–Crippen LogP) is 6.66. The molecule has 1 aliphatic carbocycles. The minimum absolute atomic E-state index is 0.310. The topological polar surface area (TPSA) is 49.3 Å². The molecule has 1 aromatic rings. The van der Waals surface area contributed by atoms with Crippen LogP contribution in [-0.4, -0.2) is 24.3 Å². The van der Waals surface area contributed by atoms with E-state index in [-0.39, 0.29) is 0 Å². The lowest BCUT2D eigenvalue weighted by atomic mass is 9.99. The number of aryl methyl sites for hydroxylation is 1. The highest BCUT2D eigenvalue weighted by Crippen LogP contribution is 2.32. The van der Waals surface area contributed by atoms with Crippen LogP contribution in [0.5, 0.6) is 0 Å². The molecule has 31 heavy (non-hydrogen) atoms. The van der Waals surface area contributed by atoms with Crippen LogP contribution in [0.25, 0.3) is 0 Å². The lowest BCUT2D eigenvalue weighted by Crippen LogP contribution is -2.23. The molecule has 4 heteroatoms. The molecule has 0 saturated heterocycles. The van der Waals surface area contributed by atoms with Gasteiger partial charge in [0.25, 0.3) is 0 Å². The number of hydrogen-bond acceptors (Lipinski definition) is 4. The van der Waals surface area contributed by atoms with E-state index in [2.05, 4.69) is 73.1 Å². The number of anilines is 1. The number of pyridine rings is 1. The first-order valence-corrected chi connectivity index (χ1v) is 11.2.